The minimum Gasteiger partial charge on any atom is -0.477 e. The number of aryl methyl sites for hydroxylation is 1. The van der Waals surface area contributed by atoms with Crippen LogP contribution in [0.3, 0.4) is 0 Å². The molecule has 3 nitrogen and oxygen atoms in total. The normalized spacial score (nSPS) is 9.80. The van der Waals surface area contributed by atoms with Crippen molar-refractivity contribution in [1.29, 1.82) is 0 Å². The van der Waals surface area contributed by atoms with Gasteiger partial charge in [-0.1, -0.05) is 11.6 Å². The summed E-state index contributed by atoms with van der Waals surface area (Å²) in [4.78, 5) is 14.2. The van der Waals surface area contributed by atoms with E-state index in [0.717, 1.165) is 11.3 Å². The van der Waals surface area contributed by atoms with Gasteiger partial charge < -0.3 is 5.11 Å². The van der Waals surface area contributed by atoms with Crippen molar-refractivity contribution >= 4 is 28.9 Å². The van der Waals surface area contributed by atoms with Crippen LogP contribution in [-0.4, -0.2) is 16.1 Å². The molecule has 0 aliphatic rings. The van der Waals surface area contributed by atoms with Gasteiger partial charge in [0.1, 0.15) is 0 Å². The second-order valence-electron chi connectivity index (χ2n) is 1.66. The number of nitrogens with zero attached hydrogens (tertiary/aromatic N) is 1. The minimum atomic E-state index is -1.02. The van der Waals surface area contributed by atoms with Gasteiger partial charge in [-0.2, -0.15) is 0 Å². The monoisotopic (exact) mass is 177 g/mol. The van der Waals surface area contributed by atoms with Crippen LogP contribution >= 0.6 is 22.9 Å². The molecule has 0 amide bonds. The maximum atomic E-state index is 10.3. The first-order chi connectivity index (χ1) is 4.61. The third-order valence-corrected chi connectivity index (χ3v) is 2.23. The highest BCUT2D eigenvalue weighted by atomic mass is 35.5. The molecule has 1 rings (SSSR count). The highest BCUT2D eigenvalue weighted by Crippen LogP contribution is 2.21. The minimum absolute atomic E-state index is 0.0787. The van der Waals surface area contributed by atoms with Crippen LogP contribution in [0.5, 0.6) is 0 Å². The van der Waals surface area contributed by atoms with Crippen LogP contribution in [0.4, 0.5) is 0 Å². The van der Waals surface area contributed by atoms with Gasteiger partial charge in [0.15, 0.2) is 10.0 Å². The molecule has 0 aliphatic heterocycles. The summed E-state index contributed by atoms with van der Waals surface area (Å²) in [5.74, 6) is -1.02. The number of aromatic nitrogens is 1. The Morgan fingerprint density at radius 2 is 2.40 bits per heavy atom. The fourth-order valence-corrected chi connectivity index (χ4v) is 1.56. The molecule has 0 saturated carbocycles. The molecule has 1 heterocycles. The average molecular weight is 178 g/mol. The zero-order valence-electron chi connectivity index (χ0n) is 5.09. The second kappa shape index (κ2) is 2.56. The van der Waals surface area contributed by atoms with Crippen molar-refractivity contribution in [2.24, 2.45) is 0 Å². The van der Waals surface area contributed by atoms with Crippen LogP contribution in [0.1, 0.15) is 14.7 Å². The Hall–Kier alpha value is -0.610. The van der Waals surface area contributed by atoms with Crippen LogP contribution in [0.25, 0.3) is 0 Å². The Morgan fingerprint density at radius 1 is 1.80 bits per heavy atom. The number of aromatic carboxylic acids is 1. The maximum absolute atomic E-state index is 10.3. The fourth-order valence-electron chi connectivity index (χ4n) is 0.534. The predicted molar refractivity (Wildman–Crippen MR) is 38.8 cm³/mol. The van der Waals surface area contributed by atoms with Gasteiger partial charge in [0.2, 0.25) is 0 Å². The Labute approximate surface area is 66.3 Å². The smallest absolute Gasteiger partial charge is 0.349 e. The van der Waals surface area contributed by atoms with Gasteiger partial charge in [-0.05, 0) is 6.92 Å². The molecule has 1 aromatic heterocycles. The molecule has 0 aliphatic carbocycles. The van der Waals surface area contributed by atoms with Crippen LogP contribution in [0, 0.1) is 6.92 Å². The summed E-state index contributed by atoms with van der Waals surface area (Å²) in [6, 6.07) is 0. The van der Waals surface area contributed by atoms with E-state index >= 15 is 0 Å². The SMILES string of the molecule is Cc1nc(Cl)c(C(=O)O)s1. The first-order valence-electron chi connectivity index (χ1n) is 2.47. The summed E-state index contributed by atoms with van der Waals surface area (Å²) in [6.45, 7) is 1.71. The summed E-state index contributed by atoms with van der Waals surface area (Å²) in [7, 11) is 0. The van der Waals surface area contributed by atoms with E-state index in [1.165, 1.54) is 0 Å². The van der Waals surface area contributed by atoms with Gasteiger partial charge in [0.05, 0.1) is 5.01 Å². The zero-order chi connectivity index (χ0) is 7.72. The molecule has 0 aromatic carbocycles. The number of carboxylic acids is 1. The fraction of sp³-hybridized carbons (Fsp3) is 0.200. The number of thiazole rings is 1. The van der Waals surface area contributed by atoms with E-state index in [0.29, 0.717) is 5.01 Å². The Morgan fingerprint density at radius 3 is 2.60 bits per heavy atom. The lowest BCUT2D eigenvalue weighted by atomic mass is 10.6. The molecule has 0 saturated heterocycles. The largest absolute Gasteiger partial charge is 0.477 e. The van der Waals surface area contributed by atoms with E-state index in [2.05, 4.69) is 4.98 Å². The molecule has 0 atom stereocenters. The summed E-state index contributed by atoms with van der Waals surface area (Å²) < 4.78 is 0. The Kier molecular flexibility index (Phi) is 1.92. The van der Waals surface area contributed by atoms with E-state index in [-0.39, 0.29) is 10.0 Å². The average Bonchev–Trinajstić information content (AvgIpc) is 2.10. The van der Waals surface area contributed by atoms with Crippen molar-refractivity contribution in [3.05, 3.63) is 15.0 Å². The Bertz CT molecular complexity index is 271. The first-order valence-corrected chi connectivity index (χ1v) is 3.67. The van der Waals surface area contributed by atoms with Crippen molar-refractivity contribution < 1.29 is 9.90 Å². The third kappa shape index (κ3) is 1.27. The van der Waals surface area contributed by atoms with E-state index in [1.807, 2.05) is 0 Å². The van der Waals surface area contributed by atoms with E-state index < -0.39 is 5.97 Å². The highest BCUT2D eigenvalue weighted by molar-refractivity contribution is 7.14. The van der Waals surface area contributed by atoms with E-state index in [1.54, 1.807) is 6.92 Å². The lowest BCUT2D eigenvalue weighted by Crippen LogP contribution is -1.91. The lowest BCUT2D eigenvalue weighted by Gasteiger charge is -1.82. The van der Waals surface area contributed by atoms with Crippen LogP contribution in [0.2, 0.25) is 5.15 Å². The van der Waals surface area contributed by atoms with Gasteiger partial charge >= 0.3 is 5.97 Å². The second-order valence-corrected chi connectivity index (χ2v) is 3.22. The highest BCUT2D eigenvalue weighted by Gasteiger charge is 2.12. The molecular weight excluding hydrogens is 174 g/mol. The number of halogens is 1. The van der Waals surface area contributed by atoms with Gasteiger partial charge in [-0.15, -0.1) is 11.3 Å². The first kappa shape index (κ1) is 7.50. The Balaban J connectivity index is 3.15. The molecule has 0 bridgehead atoms. The molecule has 1 aromatic rings. The number of carboxylic acid groups (broad SMARTS) is 1. The van der Waals surface area contributed by atoms with Gasteiger partial charge in [0, 0.05) is 0 Å². The van der Waals surface area contributed by atoms with Gasteiger partial charge in [0.25, 0.3) is 0 Å². The molecule has 1 N–H and O–H groups in total. The number of hydrogen-bond donors (Lipinski definition) is 1. The summed E-state index contributed by atoms with van der Waals surface area (Å²) >= 11 is 6.54. The van der Waals surface area contributed by atoms with Gasteiger partial charge in [-0.25, -0.2) is 9.78 Å². The molecule has 10 heavy (non-hydrogen) atoms. The summed E-state index contributed by atoms with van der Waals surface area (Å²) in [5, 5.41) is 9.21. The quantitative estimate of drug-likeness (QED) is 0.712. The van der Waals surface area contributed by atoms with Crippen LogP contribution in [0.15, 0.2) is 0 Å². The summed E-state index contributed by atoms with van der Waals surface area (Å²) in [5.41, 5.74) is 0. The third-order valence-electron chi connectivity index (χ3n) is 0.887. The molecule has 0 unspecified atom stereocenters. The van der Waals surface area contributed by atoms with Crippen molar-refractivity contribution in [1.82, 2.24) is 4.98 Å². The van der Waals surface area contributed by atoms with E-state index in [9.17, 15) is 4.79 Å². The number of hydrogen-bond acceptors (Lipinski definition) is 3. The maximum Gasteiger partial charge on any atom is 0.349 e. The number of carbonyl (C=O) groups is 1. The van der Waals surface area contributed by atoms with E-state index in [4.69, 9.17) is 16.7 Å². The molecule has 54 valence electrons. The molecule has 0 radical (unpaired) electrons. The lowest BCUT2D eigenvalue weighted by molar-refractivity contribution is 0.0702. The topological polar surface area (TPSA) is 50.2 Å². The van der Waals surface area contributed by atoms with Crippen LogP contribution in [-0.2, 0) is 0 Å². The zero-order valence-corrected chi connectivity index (χ0v) is 6.66. The standard InChI is InChI=1S/C5H4ClNO2S/c1-2-7-4(6)3(10-2)5(8)9/h1H3,(H,8,9). The van der Waals surface area contributed by atoms with Crippen molar-refractivity contribution in [3.63, 3.8) is 0 Å². The summed E-state index contributed by atoms with van der Waals surface area (Å²) in [6.07, 6.45) is 0. The molecule has 0 spiro atoms. The predicted octanol–water partition coefficient (Wildman–Crippen LogP) is 1.80. The van der Waals surface area contributed by atoms with Crippen molar-refractivity contribution in [2.45, 2.75) is 6.92 Å². The molecule has 0 fully saturated rings. The van der Waals surface area contributed by atoms with Gasteiger partial charge in [-0.3, -0.25) is 0 Å². The number of rotatable bonds is 1. The molecular formula is C5H4ClNO2S. The van der Waals surface area contributed by atoms with Crippen molar-refractivity contribution in [3.8, 4) is 0 Å². The van der Waals surface area contributed by atoms with Crippen LogP contribution < -0.4 is 0 Å². The van der Waals surface area contributed by atoms with Crippen molar-refractivity contribution in [2.75, 3.05) is 0 Å². The molecule has 5 heteroatoms.